The lowest BCUT2D eigenvalue weighted by Gasteiger charge is -2.09. The van der Waals surface area contributed by atoms with Crippen molar-refractivity contribution in [1.29, 1.82) is 0 Å². The Morgan fingerprint density at radius 2 is 1.94 bits per heavy atom. The molecule has 0 unspecified atom stereocenters. The number of hydrogen-bond acceptors (Lipinski definition) is 2. The van der Waals surface area contributed by atoms with E-state index in [1.54, 1.807) is 0 Å². The number of rotatable bonds is 1. The minimum absolute atomic E-state index is 0.600. The first-order valence-electron chi connectivity index (χ1n) is 6.57. The van der Waals surface area contributed by atoms with E-state index in [4.69, 9.17) is 10.7 Å². The third-order valence-electron chi connectivity index (χ3n) is 3.67. The zero-order chi connectivity index (χ0) is 11.7. The van der Waals surface area contributed by atoms with Crippen molar-refractivity contribution < 1.29 is 0 Å². The molecule has 0 aliphatic heterocycles. The van der Waals surface area contributed by atoms with E-state index in [0.29, 0.717) is 6.54 Å². The van der Waals surface area contributed by atoms with Crippen molar-refractivity contribution >= 4 is 5.65 Å². The number of imidazole rings is 1. The van der Waals surface area contributed by atoms with Gasteiger partial charge in [-0.25, -0.2) is 4.98 Å². The summed E-state index contributed by atoms with van der Waals surface area (Å²) in [5.74, 6) is 0. The van der Waals surface area contributed by atoms with Crippen molar-refractivity contribution in [1.82, 2.24) is 9.38 Å². The Balaban J connectivity index is 2.13. The molecule has 0 atom stereocenters. The first-order chi connectivity index (χ1) is 8.38. The van der Waals surface area contributed by atoms with E-state index >= 15 is 0 Å². The van der Waals surface area contributed by atoms with Gasteiger partial charge in [-0.15, -0.1) is 0 Å². The van der Waals surface area contributed by atoms with Crippen molar-refractivity contribution in [3.63, 3.8) is 0 Å². The molecule has 0 fully saturated rings. The molecule has 2 N–H and O–H groups in total. The van der Waals surface area contributed by atoms with Crippen LogP contribution >= 0.6 is 0 Å². The molecule has 3 rings (SSSR count). The van der Waals surface area contributed by atoms with Crippen LogP contribution in [-0.2, 0) is 19.4 Å². The van der Waals surface area contributed by atoms with Crippen LogP contribution in [0.5, 0.6) is 0 Å². The second kappa shape index (κ2) is 4.49. The van der Waals surface area contributed by atoms with Crippen molar-refractivity contribution in [3.05, 3.63) is 35.3 Å². The van der Waals surface area contributed by atoms with Gasteiger partial charge in [0.15, 0.2) is 0 Å². The summed E-state index contributed by atoms with van der Waals surface area (Å²) in [6.07, 6.45) is 9.71. The number of aryl methyl sites for hydroxylation is 2. The van der Waals surface area contributed by atoms with Crippen LogP contribution in [-0.4, -0.2) is 9.38 Å². The molecule has 0 aromatic carbocycles. The van der Waals surface area contributed by atoms with E-state index in [9.17, 15) is 0 Å². The first-order valence-corrected chi connectivity index (χ1v) is 6.57. The predicted molar refractivity (Wildman–Crippen MR) is 69.0 cm³/mol. The Hall–Kier alpha value is -1.35. The third kappa shape index (κ3) is 1.95. The summed E-state index contributed by atoms with van der Waals surface area (Å²) in [6.45, 7) is 0.600. The van der Waals surface area contributed by atoms with E-state index < -0.39 is 0 Å². The van der Waals surface area contributed by atoms with Gasteiger partial charge >= 0.3 is 0 Å². The second-order valence-electron chi connectivity index (χ2n) is 4.89. The molecule has 1 aliphatic carbocycles. The highest BCUT2D eigenvalue weighted by Gasteiger charge is 2.13. The highest BCUT2D eigenvalue weighted by atomic mass is 15.0. The average molecular weight is 229 g/mol. The van der Waals surface area contributed by atoms with Crippen LogP contribution in [0.3, 0.4) is 0 Å². The zero-order valence-corrected chi connectivity index (χ0v) is 10.2. The van der Waals surface area contributed by atoms with E-state index in [-0.39, 0.29) is 0 Å². The fraction of sp³-hybridized carbons (Fsp3) is 0.500. The Labute approximate surface area is 102 Å². The average Bonchev–Trinajstić information content (AvgIpc) is 2.65. The number of pyridine rings is 1. The maximum Gasteiger partial charge on any atom is 0.137 e. The van der Waals surface area contributed by atoms with Gasteiger partial charge in [-0.3, -0.25) is 0 Å². The third-order valence-corrected chi connectivity index (χ3v) is 3.67. The molecule has 1 aliphatic rings. The van der Waals surface area contributed by atoms with Crippen LogP contribution in [0, 0.1) is 0 Å². The molecule has 3 nitrogen and oxygen atoms in total. The Morgan fingerprint density at radius 1 is 1.12 bits per heavy atom. The smallest absolute Gasteiger partial charge is 0.137 e. The van der Waals surface area contributed by atoms with Gasteiger partial charge in [0, 0.05) is 18.4 Å². The van der Waals surface area contributed by atoms with E-state index in [1.165, 1.54) is 42.6 Å². The molecule has 17 heavy (non-hydrogen) atoms. The number of nitrogens with two attached hydrogens (primary N) is 1. The Bertz CT molecular complexity index is 527. The molecule has 2 heterocycles. The number of nitrogens with zero attached hydrogens (tertiary/aromatic N) is 2. The summed E-state index contributed by atoms with van der Waals surface area (Å²) >= 11 is 0. The highest BCUT2D eigenvalue weighted by Crippen LogP contribution is 2.21. The van der Waals surface area contributed by atoms with Gasteiger partial charge in [0.25, 0.3) is 0 Å². The van der Waals surface area contributed by atoms with Crippen LogP contribution < -0.4 is 5.73 Å². The monoisotopic (exact) mass is 229 g/mol. The predicted octanol–water partition coefficient (Wildman–Crippen LogP) is 2.45. The normalized spacial score (nSPS) is 16.5. The topological polar surface area (TPSA) is 43.3 Å². The van der Waals surface area contributed by atoms with Gasteiger partial charge < -0.3 is 10.1 Å². The molecule has 2 aromatic rings. The maximum atomic E-state index is 5.71. The van der Waals surface area contributed by atoms with E-state index in [1.807, 2.05) is 0 Å². The van der Waals surface area contributed by atoms with Gasteiger partial charge in [-0.1, -0.05) is 18.9 Å². The number of fused-ring (bicyclic) bond motifs is 3. The number of hydrogen-bond donors (Lipinski definition) is 1. The van der Waals surface area contributed by atoms with Gasteiger partial charge in [0.05, 0.1) is 5.69 Å². The Kier molecular flexibility index (Phi) is 2.85. The summed E-state index contributed by atoms with van der Waals surface area (Å²) in [7, 11) is 0. The molecule has 2 aromatic heterocycles. The fourth-order valence-corrected chi connectivity index (χ4v) is 2.71. The SMILES string of the molecule is NCc1ccc2nc3c(n2c1)CCCCCC3. The highest BCUT2D eigenvalue weighted by molar-refractivity contribution is 5.45. The molecule has 0 spiro atoms. The number of aromatic nitrogens is 2. The lowest BCUT2D eigenvalue weighted by Crippen LogP contribution is -2.03. The molecule has 0 radical (unpaired) electrons. The van der Waals surface area contributed by atoms with Crippen LogP contribution in [0.25, 0.3) is 5.65 Å². The minimum atomic E-state index is 0.600. The summed E-state index contributed by atoms with van der Waals surface area (Å²) in [5, 5.41) is 0. The lowest BCUT2D eigenvalue weighted by atomic mass is 10.0. The summed E-state index contributed by atoms with van der Waals surface area (Å²) in [6, 6.07) is 4.17. The van der Waals surface area contributed by atoms with Gasteiger partial charge in [-0.05, 0) is 37.3 Å². The second-order valence-corrected chi connectivity index (χ2v) is 4.89. The molecule has 0 saturated carbocycles. The maximum absolute atomic E-state index is 5.71. The van der Waals surface area contributed by atoms with Crippen molar-refractivity contribution in [2.75, 3.05) is 0 Å². The standard InChI is InChI=1S/C14H19N3/c15-9-11-7-8-14-16-12-5-3-1-2-4-6-13(12)17(14)10-11/h7-8,10H,1-6,9,15H2. The fourth-order valence-electron chi connectivity index (χ4n) is 2.71. The molecule has 0 amide bonds. The van der Waals surface area contributed by atoms with Crippen molar-refractivity contribution in [3.8, 4) is 0 Å². The molecular formula is C14H19N3. The molecule has 3 heteroatoms. The van der Waals surface area contributed by atoms with Gasteiger partial charge in [0.1, 0.15) is 5.65 Å². The van der Waals surface area contributed by atoms with Gasteiger partial charge in [0.2, 0.25) is 0 Å². The van der Waals surface area contributed by atoms with Crippen LogP contribution in [0.1, 0.15) is 42.6 Å². The van der Waals surface area contributed by atoms with E-state index in [0.717, 1.165) is 18.5 Å². The quantitative estimate of drug-likeness (QED) is 0.816. The zero-order valence-electron chi connectivity index (χ0n) is 10.2. The lowest BCUT2D eigenvalue weighted by molar-refractivity contribution is 0.604. The molecule has 0 saturated heterocycles. The van der Waals surface area contributed by atoms with E-state index in [2.05, 4.69) is 22.7 Å². The van der Waals surface area contributed by atoms with Crippen LogP contribution in [0.2, 0.25) is 0 Å². The summed E-state index contributed by atoms with van der Waals surface area (Å²) < 4.78 is 2.25. The van der Waals surface area contributed by atoms with Crippen molar-refractivity contribution in [2.24, 2.45) is 5.73 Å². The van der Waals surface area contributed by atoms with Crippen LogP contribution in [0.4, 0.5) is 0 Å². The van der Waals surface area contributed by atoms with Crippen LogP contribution in [0.15, 0.2) is 18.3 Å². The Morgan fingerprint density at radius 3 is 2.76 bits per heavy atom. The van der Waals surface area contributed by atoms with Gasteiger partial charge in [-0.2, -0.15) is 0 Å². The van der Waals surface area contributed by atoms with Crippen molar-refractivity contribution in [2.45, 2.75) is 45.1 Å². The first kappa shape index (κ1) is 10.8. The molecular weight excluding hydrogens is 210 g/mol. The minimum Gasteiger partial charge on any atom is -0.326 e. The molecule has 0 bridgehead atoms. The summed E-state index contributed by atoms with van der Waals surface area (Å²) in [5.41, 5.74) is 10.7. The molecule has 90 valence electrons. The summed E-state index contributed by atoms with van der Waals surface area (Å²) in [4.78, 5) is 4.75. The largest absolute Gasteiger partial charge is 0.326 e.